The van der Waals surface area contributed by atoms with Crippen molar-refractivity contribution in [2.45, 2.75) is 50.5 Å². The molecule has 0 aromatic heterocycles. The minimum absolute atomic E-state index is 0.149. The molecule has 1 heterocycles. The van der Waals surface area contributed by atoms with Gasteiger partial charge in [0.15, 0.2) is 11.4 Å². The predicted octanol–water partition coefficient (Wildman–Crippen LogP) is 3.68. The zero-order chi connectivity index (χ0) is 15.7. The second-order valence-corrected chi connectivity index (χ2v) is 8.56. The second kappa shape index (κ2) is 4.60. The zero-order valence-electron chi connectivity index (χ0n) is 14.0. The number of para-hydroxylation sites is 1. The summed E-state index contributed by atoms with van der Waals surface area (Å²) in [5, 5.41) is 0. The first-order chi connectivity index (χ1) is 11.2. The van der Waals surface area contributed by atoms with Gasteiger partial charge in [-0.25, -0.2) is 9.28 Å². The van der Waals surface area contributed by atoms with Gasteiger partial charge in [-0.3, -0.25) is 0 Å². The normalized spacial score (nSPS) is 43.4. The Morgan fingerprint density at radius 1 is 1.13 bits per heavy atom. The standard InChI is InChI=1S/C20H26NO2/c1-23-18-4-2-3-17-5-6-21(13-22,19(17)18)20-10-14-7-15(11-20)9-16(8-14)12-20/h2-4,13-16H,5-12H2,1H3/q+1. The molecule has 1 aromatic rings. The summed E-state index contributed by atoms with van der Waals surface area (Å²) in [5.74, 6) is 3.49. The van der Waals surface area contributed by atoms with Crippen LogP contribution in [0.2, 0.25) is 0 Å². The van der Waals surface area contributed by atoms with Crippen LogP contribution in [0.5, 0.6) is 5.75 Å². The van der Waals surface area contributed by atoms with Gasteiger partial charge in [-0.1, -0.05) is 12.1 Å². The minimum Gasteiger partial charge on any atom is -0.491 e. The summed E-state index contributed by atoms with van der Waals surface area (Å²) in [4.78, 5) is 12.6. The smallest absolute Gasteiger partial charge is 0.307 e. The Morgan fingerprint density at radius 3 is 2.35 bits per heavy atom. The van der Waals surface area contributed by atoms with Gasteiger partial charge in [0.1, 0.15) is 5.54 Å². The maximum Gasteiger partial charge on any atom is 0.307 e. The van der Waals surface area contributed by atoms with Crippen LogP contribution in [-0.4, -0.2) is 25.6 Å². The number of rotatable bonds is 3. The van der Waals surface area contributed by atoms with Crippen LogP contribution in [0.15, 0.2) is 18.2 Å². The van der Waals surface area contributed by atoms with Crippen LogP contribution in [0.1, 0.15) is 44.1 Å². The molecule has 0 spiro atoms. The SMILES string of the molecule is COc1cccc2c1[N+](C=O)(C13CC4CC(CC(C4)C1)C3)CC2. The molecule has 1 unspecified atom stereocenters. The molecule has 4 bridgehead atoms. The number of quaternary nitrogens is 1. The number of carbonyl (C=O) groups excluding carboxylic acids is 1. The van der Waals surface area contributed by atoms with Gasteiger partial charge < -0.3 is 4.74 Å². The van der Waals surface area contributed by atoms with Crippen molar-refractivity contribution >= 4 is 12.1 Å². The van der Waals surface area contributed by atoms with Crippen molar-refractivity contribution in [1.29, 1.82) is 0 Å². The summed E-state index contributed by atoms with van der Waals surface area (Å²) in [6.45, 7) is 0.936. The summed E-state index contributed by atoms with van der Waals surface area (Å²) in [6, 6.07) is 6.31. The largest absolute Gasteiger partial charge is 0.491 e. The number of hydrogen-bond acceptors (Lipinski definition) is 2. The van der Waals surface area contributed by atoms with E-state index >= 15 is 0 Å². The lowest BCUT2D eigenvalue weighted by Gasteiger charge is -2.60. The van der Waals surface area contributed by atoms with Gasteiger partial charge in [0, 0.05) is 31.2 Å². The lowest BCUT2D eigenvalue weighted by molar-refractivity contribution is -0.134. The zero-order valence-corrected chi connectivity index (χ0v) is 14.0. The summed E-state index contributed by atoms with van der Waals surface area (Å²) in [5.41, 5.74) is 2.66. The Hall–Kier alpha value is -1.35. The molecular formula is C20H26NO2+. The predicted molar refractivity (Wildman–Crippen MR) is 90.3 cm³/mol. The highest BCUT2D eigenvalue weighted by Gasteiger charge is 2.64. The molecule has 0 saturated heterocycles. The molecule has 23 heavy (non-hydrogen) atoms. The van der Waals surface area contributed by atoms with E-state index in [9.17, 15) is 4.79 Å². The van der Waals surface area contributed by atoms with Crippen molar-refractivity contribution in [3.05, 3.63) is 23.8 Å². The van der Waals surface area contributed by atoms with Gasteiger partial charge in [0.2, 0.25) is 0 Å². The third kappa shape index (κ3) is 1.67. The third-order valence-corrected chi connectivity index (χ3v) is 7.47. The molecule has 4 fully saturated rings. The first kappa shape index (κ1) is 14.0. The fraction of sp³-hybridized carbons (Fsp3) is 0.650. The molecule has 6 rings (SSSR count). The van der Waals surface area contributed by atoms with E-state index in [4.69, 9.17) is 4.74 Å². The van der Waals surface area contributed by atoms with E-state index in [1.807, 2.05) is 6.07 Å². The van der Waals surface area contributed by atoms with Crippen molar-refractivity contribution in [2.24, 2.45) is 17.8 Å². The molecule has 4 saturated carbocycles. The quantitative estimate of drug-likeness (QED) is 0.628. The van der Waals surface area contributed by atoms with Crippen LogP contribution < -0.4 is 9.22 Å². The molecule has 1 aromatic carbocycles. The van der Waals surface area contributed by atoms with E-state index in [0.717, 1.165) is 36.5 Å². The molecule has 3 nitrogen and oxygen atoms in total. The van der Waals surface area contributed by atoms with Crippen molar-refractivity contribution in [2.75, 3.05) is 13.7 Å². The summed E-state index contributed by atoms with van der Waals surface area (Å²) in [6.07, 6.45) is 10.3. The maximum absolute atomic E-state index is 12.6. The molecule has 5 aliphatic rings. The average molecular weight is 312 g/mol. The van der Waals surface area contributed by atoms with Crippen molar-refractivity contribution < 1.29 is 9.53 Å². The van der Waals surface area contributed by atoms with Gasteiger partial charge in [0.05, 0.1) is 13.7 Å². The van der Waals surface area contributed by atoms with E-state index in [1.54, 1.807) is 7.11 Å². The number of fused-ring (bicyclic) bond motifs is 1. The molecular weight excluding hydrogens is 286 g/mol. The Bertz CT molecular complexity index is 632. The molecule has 3 heteroatoms. The fourth-order valence-electron chi connectivity index (χ4n) is 7.04. The highest BCUT2D eigenvalue weighted by atomic mass is 16.5. The number of nitrogens with zero attached hydrogens (tertiary/aromatic N) is 1. The highest BCUT2D eigenvalue weighted by Crippen LogP contribution is 2.62. The van der Waals surface area contributed by atoms with Crippen LogP contribution in [0.4, 0.5) is 5.69 Å². The first-order valence-electron chi connectivity index (χ1n) is 9.20. The second-order valence-electron chi connectivity index (χ2n) is 8.56. The Balaban J connectivity index is 1.69. The molecule has 1 atom stereocenters. The van der Waals surface area contributed by atoms with Gasteiger partial charge in [-0.15, -0.1) is 0 Å². The molecule has 0 N–H and O–H groups in total. The third-order valence-electron chi connectivity index (χ3n) is 7.47. The van der Waals surface area contributed by atoms with Gasteiger partial charge in [0.25, 0.3) is 0 Å². The van der Waals surface area contributed by atoms with E-state index in [2.05, 4.69) is 12.1 Å². The van der Waals surface area contributed by atoms with Crippen molar-refractivity contribution in [3.63, 3.8) is 0 Å². The lowest BCUT2D eigenvalue weighted by atomic mass is 9.52. The Labute approximate surface area is 138 Å². The summed E-state index contributed by atoms with van der Waals surface area (Å²) >= 11 is 0. The van der Waals surface area contributed by atoms with Gasteiger partial charge in [-0.05, 0) is 43.1 Å². The van der Waals surface area contributed by atoms with Gasteiger partial charge >= 0.3 is 6.41 Å². The summed E-state index contributed by atoms with van der Waals surface area (Å²) in [7, 11) is 1.74. The monoisotopic (exact) mass is 312 g/mol. The number of carbonyl (C=O) groups is 1. The van der Waals surface area contributed by atoms with Crippen LogP contribution >= 0.6 is 0 Å². The van der Waals surface area contributed by atoms with Crippen LogP contribution in [0.3, 0.4) is 0 Å². The van der Waals surface area contributed by atoms with Crippen LogP contribution in [0, 0.1) is 17.8 Å². The molecule has 0 radical (unpaired) electrons. The number of hydrogen-bond donors (Lipinski definition) is 0. The maximum atomic E-state index is 12.6. The van der Waals surface area contributed by atoms with Crippen LogP contribution in [0.25, 0.3) is 0 Å². The van der Waals surface area contributed by atoms with Crippen LogP contribution in [-0.2, 0) is 11.2 Å². The van der Waals surface area contributed by atoms with Crippen molar-refractivity contribution in [3.8, 4) is 5.75 Å². The van der Waals surface area contributed by atoms with E-state index in [0.29, 0.717) is 4.48 Å². The van der Waals surface area contributed by atoms with E-state index in [-0.39, 0.29) is 5.54 Å². The average Bonchev–Trinajstić information content (AvgIpc) is 2.94. The van der Waals surface area contributed by atoms with E-state index < -0.39 is 0 Å². The van der Waals surface area contributed by atoms with E-state index in [1.165, 1.54) is 56.2 Å². The Morgan fingerprint density at radius 2 is 1.78 bits per heavy atom. The highest BCUT2D eigenvalue weighted by molar-refractivity contribution is 5.80. The first-order valence-corrected chi connectivity index (χ1v) is 9.20. The number of amides is 1. The summed E-state index contributed by atoms with van der Waals surface area (Å²) < 4.78 is 6.25. The number of ether oxygens (including phenoxy) is 1. The molecule has 4 aliphatic carbocycles. The van der Waals surface area contributed by atoms with Crippen molar-refractivity contribution in [1.82, 2.24) is 4.48 Å². The topological polar surface area (TPSA) is 26.3 Å². The fourth-order valence-corrected chi connectivity index (χ4v) is 7.04. The molecule has 1 amide bonds. The Kier molecular flexibility index (Phi) is 2.80. The molecule has 122 valence electrons. The lowest BCUT2D eigenvalue weighted by Crippen LogP contribution is -2.70. The van der Waals surface area contributed by atoms with Gasteiger partial charge in [-0.2, -0.15) is 0 Å². The minimum atomic E-state index is 0.149. The number of methoxy groups -OCH3 is 1. The number of benzene rings is 1. The molecule has 1 aliphatic heterocycles.